The third-order valence-electron chi connectivity index (χ3n) is 7.65. The number of anilines is 1. The van der Waals surface area contributed by atoms with Crippen LogP contribution >= 0.6 is 0 Å². The second-order valence-corrected chi connectivity index (χ2v) is 10.5. The Hall–Kier alpha value is -3.00. The summed E-state index contributed by atoms with van der Waals surface area (Å²) < 4.78 is 41.9. The van der Waals surface area contributed by atoms with Gasteiger partial charge >= 0.3 is 0 Å². The fourth-order valence-corrected chi connectivity index (χ4v) is 5.83. The molecule has 1 aliphatic carbocycles. The highest BCUT2D eigenvalue weighted by Crippen LogP contribution is 2.37. The minimum absolute atomic E-state index is 0.134. The van der Waals surface area contributed by atoms with Gasteiger partial charge in [-0.2, -0.15) is 0 Å². The van der Waals surface area contributed by atoms with E-state index < -0.39 is 11.7 Å². The maximum Gasteiger partial charge on any atom is 0.251 e. The standard InChI is InChI=1S/C28H31F3N4O/c1-17-10-18(12-20(32)11-17)22-4-7-33-15-19(22)13-26(36)23-2-3-25(29)24-14-21(16-34-27(23)24)35-8-5-28(30,31)6-9-35/h2-4,7,14-18,20H,5-6,8-13,32H2,1H3/t17-,18+,20-/m0/s1. The largest absolute Gasteiger partial charge is 0.370 e. The van der Waals surface area contributed by atoms with Crippen LogP contribution in [0.5, 0.6) is 0 Å². The van der Waals surface area contributed by atoms with Crippen LogP contribution in [0.3, 0.4) is 0 Å². The molecule has 2 N–H and O–H groups in total. The van der Waals surface area contributed by atoms with Crippen LogP contribution in [-0.4, -0.2) is 40.8 Å². The van der Waals surface area contributed by atoms with Gasteiger partial charge in [-0.25, -0.2) is 13.2 Å². The molecule has 2 aromatic heterocycles. The summed E-state index contributed by atoms with van der Waals surface area (Å²) >= 11 is 0. The quantitative estimate of drug-likeness (QED) is 0.462. The number of alkyl halides is 2. The maximum absolute atomic E-state index is 14.8. The van der Waals surface area contributed by atoms with Gasteiger partial charge in [0.1, 0.15) is 5.82 Å². The van der Waals surface area contributed by atoms with Crippen molar-refractivity contribution < 1.29 is 18.0 Å². The third kappa shape index (κ3) is 5.09. The Labute approximate surface area is 208 Å². The molecule has 8 heteroatoms. The molecule has 1 saturated carbocycles. The van der Waals surface area contributed by atoms with Crippen LogP contribution in [-0.2, 0) is 6.42 Å². The van der Waals surface area contributed by atoms with E-state index in [1.165, 1.54) is 12.1 Å². The number of fused-ring (bicyclic) bond motifs is 1. The lowest BCUT2D eigenvalue weighted by Gasteiger charge is -2.33. The van der Waals surface area contributed by atoms with Crippen molar-refractivity contribution in [2.45, 2.75) is 63.3 Å². The molecule has 2 fully saturated rings. The smallest absolute Gasteiger partial charge is 0.251 e. The minimum atomic E-state index is -2.67. The van der Waals surface area contributed by atoms with Crippen molar-refractivity contribution in [2.24, 2.45) is 11.7 Å². The highest BCUT2D eigenvalue weighted by Gasteiger charge is 2.34. The Bertz CT molecular complexity index is 1260. The Morgan fingerprint density at radius 1 is 1.14 bits per heavy atom. The number of rotatable bonds is 5. The molecule has 1 aromatic carbocycles. The third-order valence-corrected chi connectivity index (χ3v) is 7.65. The number of Topliss-reactive ketones (excluding diaryl/α,β-unsaturated/α-hetero) is 1. The first-order chi connectivity index (χ1) is 17.2. The molecule has 3 atom stereocenters. The number of halogens is 3. The lowest BCUT2D eigenvalue weighted by atomic mass is 9.75. The molecule has 0 radical (unpaired) electrons. The molecule has 36 heavy (non-hydrogen) atoms. The SMILES string of the molecule is C[C@@H]1C[C@H](N)C[C@H](c2ccncc2CC(=O)c2ccc(F)c3cc(N4CCC(F)(F)CC4)cnc23)C1. The van der Waals surface area contributed by atoms with Crippen molar-refractivity contribution >= 4 is 22.4 Å². The summed E-state index contributed by atoms with van der Waals surface area (Å²) in [5.41, 5.74) is 9.45. The Kier molecular flexibility index (Phi) is 6.72. The van der Waals surface area contributed by atoms with Gasteiger partial charge in [0.05, 0.1) is 17.4 Å². The summed E-state index contributed by atoms with van der Waals surface area (Å²) in [4.78, 5) is 23.9. The van der Waals surface area contributed by atoms with Gasteiger partial charge in [-0.15, -0.1) is 0 Å². The lowest BCUT2D eigenvalue weighted by molar-refractivity contribution is -0.0220. The van der Waals surface area contributed by atoms with Crippen LogP contribution in [0.2, 0.25) is 0 Å². The molecule has 0 spiro atoms. The zero-order valence-electron chi connectivity index (χ0n) is 20.4. The molecule has 0 amide bonds. The van der Waals surface area contributed by atoms with Gasteiger partial charge < -0.3 is 10.6 Å². The monoisotopic (exact) mass is 496 g/mol. The van der Waals surface area contributed by atoms with Crippen LogP contribution < -0.4 is 10.6 Å². The predicted octanol–water partition coefficient (Wildman–Crippen LogP) is 5.66. The number of hydrogen-bond donors (Lipinski definition) is 1. The number of pyridine rings is 2. The lowest BCUT2D eigenvalue weighted by Crippen LogP contribution is -2.39. The topological polar surface area (TPSA) is 72.1 Å². The predicted molar refractivity (Wildman–Crippen MR) is 134 cm³/mol. The molecular formula is C28H31F3N4O. The fourth-order valence-electron chi connectivity index (χ4n) is 5.83. The Morgan fingerprint density at radius 2 is 1.92 bits per heavy atom. The Morgan fingerprint density at radius 3 is 2.67 bits per heavy atom. The van der Waals surface area contributed by atoms with Gasteiger partial charge in [0.25, 0.3) is 5.92 Å². The molecular weight excluding hydrogens is 465 g/mol. The van der Waals surface area contributed by atoms with E-state index in [1.54, 1.807) is 29.6 Å². The molecule has 5 nitrogen and oxygen atoms in total. The summed E-state index contributed by atoms with van der Waals surface area (Å²) in [5, 5.41) is 0.217. The molecule has 190 valence electrons. The summed E-state index contributed by atoms with van der Waals surface area (Å²) in [6, 6.07) is 6.48. The van der Waals surface area contributed by atoms with E-state index in [4.69, 9.17) is 5.73 Å². The van der Waals surface area contributed by atoms with E-state index in [9.17, 15) is 18.0 Å². The average Bonchev–Trinajstić information content (AvgIpc) is 2.84. The number of nitrogens with two attached hydrogens (primary N) is 1. The van der Waals surface area contributed by atoms with E-state index in [1.807, 2.05) is 6.07 Å². The van der Waals surface area contributed by atoms with Crippen molar-refractivity contribution in [2.75, 3.05) is 18.0 Å². The molecule has 3 aromatic rings. The first-order valence-electron chi connectivity index (χ1n) is 12.6. The van der Waals surface area contributed by atoms with Crippen LogP contribution in [0, 0.1) is 11.7 Å². The zero-order chi connectivity index (χ0) is 25.4. The van der Waals surface area contributed by atoms with Gasteiger partial charge in [-0.3, -0.25) is 14.8 Å². The number of piperidine rings is 1. The van der Waals surface area contributed by atoms with E-state index in [0.717, 1.165) is 30.4 Å². The molecule has 0 bridgehead atoms. The van der Waals surface area contributed by atoms with E-state index >= 15 is 0 Å². The second-order valence-electron chi connectivity index (χ2n) is 10.5. The van der Waals surface area contributed by atoms with Gasteiger partial charge in [0, 0.05) is 61.7 Å². The first kappa shape index (κ1) is 24.7. The first-order valence-corrected chi connectivity index (χ1v) is 12.6. The van der Waals surface area contributed by atoms with Crippen molar-refractivity contribution in [1.29, 1.82) is 0 Å². The fraction of sp³-hybridized carbons (Fsp3) is 0.464. The second kappa shape index (κ2) is 9.81. The highest BCUT2D eigenvalue weighted by molar-refractivity contribution is 6.08. The number of nitrogens with zero attached hydrogens (tertiary/aromatic N) is 3. The summed E-state index contributed by atoms with van der Waals surface area (Å²) in [7, 11) is 0. The van der Waals surface area contributed by atoms with Crippen LogP contribution in [0.4, 0.5) is 18.9 Å². The number of ketones is 1. The summed E-state index contributed by atoms with van der Waals surface area (Å²) in [5.74, 6) is -2.54. The average molecular weight is 497 g/mol. The molecule has 1 saturated heterocycles. The highest BCUT2D eigenvalue weighted by atomic mass is 19.3. The summed E-state index contributed by atoms with van der Waals surface area (Å²) in [6.45, 7) is 2.55. The zero-order valence-corrected chi connectivity index (χ0v) is 20.4. The van der Waals surface area contributed by atoms with Crippen molar-refractivity contribution in [1.82, 2.24) is 9.97 Å². The van der Waals surface area contributed by atoms with Crippen molar-refractivity contribution in [3.63, 3.8) is 0 Å². The molecule has 2 aliphatic rings. The number of carbonyl (C=O) groups is 1. The molecule has 5 rings (SSSR count). The van der Waals surface area contributed by atoms with Gasteiger partial charge in [-0.1, -0.05) is 6.92 Å². The summed E-state index contributed by atoms with van der Waals surface area (Å²) in [6.07, 6.45) is 7.57. The number of aromatic nitrogens is 2. The minimum Gasteiger partial charge on any atom is -0.370 e. The van der Waals surface area contributed by atoms with Gasteiger partial charge in [-0.05, 0) is 66.5 Å². The number of hydrogen-bond acceptors (Lipinski definition) is 5. The molecule has 3 heterocycles. The van der Waals surface area contributed by atoms with E-state index in [2.05, 4.69) is 16.9 Å². The van der Waals surface area contributed by atoms with Gasteiger partial charge in [0.2, 0.25) is 0 Å². The van der Waals surface area contributed by atoms with E-state index in [-0.39, 0.29) is 61.0 Å². The van der Waals surface area contributed by atoms with Crippen LogP contribution in [0.15, 0.2) is 42.9 Å². The molecule has 0 unspecified atom stereocenters. The van der Waals surface area contributed by atoms with Crippen molar-refractivity contribution in [3.8, 4) is 0 Å². The molecule has 1 aliphatic heterocycles. The van der Waals surface area contributed by atoms with Gasteiger partial charge in [0.15, 0.2) is 5.78 Å². The maximum atomic E-state index is 14.8. The number of benzene rings is 1. The number of carbonyl (C=O) groups excluding carboxylic acids is 1. The van der Waals surface area contributed by atoms with Crippen LogP contribution in [0.1, 0.15) is 66.4 Å². The normalized spacial score (nSPS) is 24.1. The van der Waals surface area contributed by atoms with Crippen LogP contribution in [0.25, 0.3) is 10.9 Å². The van der Waals surface area contributed by atoms with E-state index in [0.29, 0.717) is 17.2 Å². The Balaban J connectivity index is 1.42. The van der Waals surface area contributed by atoms with Crippen molar-refractivity contribution in [3.05, 3.63) is 65.4 Å².